The lowest BCUT2D eigenvalue weighted by molar-refractivity contribution is 0.187. The Balaban J connectivity index is 2.26. The fraction of sp³-hybridized carbons (Fsp3) is 0.583. The molecular weight excluding hydrogens is 280 g/mol. The maximum Gasteiger partial charge on any atom is 0.195 e. The Kier molecular flexibility index (Phi) is 4.84. The number of nitrogens with one attached hydrogen (secondary N) is 1. The number of methoxy groups -OCH3 is 1. The normalized spacial score (nSPS) is 11.4. The van der Waals surface area contributed by atoms with Crippen LogP contribution in [0.4, 0.5) is 0 Å². The average molecular weight is 298 g/mol. The number of aromatic nitrogens is 4. The monoisotopic (exact) mass is 298 g/mol. The van der Waals surface area contributed by atoms with Crippen LogP contribution in [0.25, 0.3) is 10.7 Å². The Morgan fingerprint density at radius 2 is 2.32 bits per heavy atom. The summed E-state index contributed by atoms with van der Waals surface area (Å²) in [5, 5.41) is 8.26. The van der Waals surface area contributed by atoms with Crippen LogP contribution < -0.4 is 0 Å². The van der Waals surface area contributed by atoms with E-state index in [9.17, 15) is 0 Å². The SMILES string of the molecule is COCCn1c(-c2cnc(CC(C)C)s2)n[nH]c1=S. The average Bonchev–Trinajstić information content (AvgIpc) is 2.93. The highest BCUT2D eigenvalue weighted by Crippen LogP contribution is 2.26. The summed E-state index contributed by atoms with van der Waals surface area (Å²) in [5.41, 5.74) is 0. The zero-order chi connectivity index (χ0) is 13.8. The number of nitrogens with zero attached hydrogens (tertiary/aromatic N) is 3. The molecule has 0 saturated heterocycles. The van der Waals surface area contributed by atoms with Crippen molar-refractivity contribution in [1.82, 2.24) is 19.7 Å². The molecule has 0 unspecified atom stereocenters. The van der Waals surface area contributed by atoms with Gasteiger partial charge in [0.05, 0.1) is 23.0 Å². The van der Waals surface area contributed by atoms with E-state index in [1.165, 1.54) is 0 Å². The van der Waals surface area contributed by atoms with Gasteiger partial charge in [-0.2, -0.15) is 5.10 Å². The van der Waals surface area contributed by atoms with Gasteiger partial charge in [0.1, 0.15) is 0 Å². The summed E-state index contributed by atoms with van der Waals surface area (Å²) in [7, 11) is 1.68. The van der Waals surface area contributed by atoms with Gasteiger partial charge >= 0.3 is 0 Å². The van der Waals surface area contributed by atoms with Gasteiger partial charge < -0.3 is 4.74 Å². The summed E-state index contributed by atoms with van der Waals surface area (Å²) in [6.45, 7) is 5.68. The van der Waals surface area contributed by atoms with E-state index >= 15 is 0 Å². The molecule has 0 radical (unpaired) electrons. The van der Waals surface area contributed by atoms with Crippen molar-refractivity contribution >= 4 is 23.6 Å². The predicted octanol–water partition coefficient (Wildman–Crippen LogP) is 2.91. The first-order valence-electron chi connectivity index (χ1n) is 6.21. The van der Waals surface area contributed by atoms with E-state index < -0.39 is 0 Å². The van der Waals surface area contributed by atoms with Gasteiger partial charge in [0.2, 0.25) is 0 Å². The molecule has 0 saturated carbocycles. The summed E-state index contributed by atoms with van der Waals surface area (Å²) in [6.07, 6.45) is 2.87. The predicted molar refractivity (Wildman–Crippen MR) is 78.9 cm³/mol. The van der Waals surface area contributed by atoms with Crippen LogP contribution in [-0.4, -0.2) is 33.5 Å². The molecule has 0 aliphatic heterocycles. The highest BCUT2D eigenvalue weighted by atomic mass is 32.1. The number of aromatic amines is 1. The molecule has 2 aromatic heterocycles. The Morgan fingerprint density at radius 1 is 1.53 bits per heavy atom. The van der Waals surface area contributed by atoms with Gasteiger partial charge in [-0.25, -0.2) is 4.98 Å². The first kappa shape index (κ1) is 14.4. The third kappa shape index (κ3) is 3.49. The minimum absolute atomic E-state index is 0.605. The molecule has 2 aromatic rings. The van der Waals surface area contributed by atoms with Crippen molar-refractivity contribution in [2.24, 2.45) is 5.92 Å². The number of thiazole rings is 1. The molecule has 1 N–H and O–H groups in total. The van der Waals surface area contributed by atoms with E-state index in [1.54, 1.807) is 18.4 Å². The Bertz CT molecular complexity index is 585. The van der Waals surface area contributed by atoms with Gasteiger partial charge in [0, 0.05) is 19.7 Å². The largest absolute Gasteiger partial charge is 0.383 e. The molecule has 0 spiro atoms. The molecule has 2 rings (SSSR count). The lowest BCUT2D eigenvalue weighted by Crippen LogP contribution is -2.05. The third-order valence-corrected chi connectivity index (χ3v) is 3.96. The molecule has 19 heavy (non-hydrogen) atoms. The Labute approximate surface area is 121 Å². The third-order valence-electron chi connectivity index (χ3n) is 2.63. The minimum atomic E-state index is 0.605. The van der Waals surface area contributed by atoms with E-state index in [1.807, 2.05) is 10.8 Å². The van der Waals surface area contributed by atoms with Crippen LogP contribution in [0.1, 0.15) is 18.9 Å². The van der Waals surface area contributed by atoms with Crippen LogP contribution in [0.5, 0.6) is 0 Å². The number of ether oxygens (including phenoxy) is 1. The van der Waals surface area contributed by atoms with E-state index in [0.717, 1.165) is 22.1 Å². The van der Waals surface area contributed by atoms with Gasteiger partial charge in [-0.15, -0.1) is 11.3 Å². The van der Waals surface area contributed by atoms with Gasteiger partial charge in [-0.05, 0) is 18.1 Å². The molecule has 0 amide bonds. The van der Waals surface area contributed by atoms with Crippen LogP contribution >= 0.6 is 23.6 Å². The van der Waals surface area contributed by atoms with Crippen molar-refractivity contribution in [3.63, 3.8) is 0 Å². The van der Waals surface area contributed by atoms with Gasteiger partial charge in [-0.3, -0.25) is 9.67 Å². The molecule has 104 valence electrons. The molecular formula is C12H18N4OS2. The second-order valence-electron chi connectivity index (χ2n) is 4.71. The van der Waals surface area contributed by atoms with Gasteiger partial charge in [0.25, 0.3) is 0 Å². The maximum atomic E-state index is 5.24. The molecule has 7 heteroatoms. The van der Waals surface area contributed by atoms with Crippen molar-refractivity contribution < 1.29 is 4.74 Å². The van der Waals surface area contributed by atoms with Gasteiger partial charge in [0.15, 0.2) is 10.6 Å². The lowest BCUT2D eigenvalue weighted by Gasteiger charge is -2.03. The highest BCUT2D eigenvalue weighted by molar-refractivity contribution is 7.71. The lowest BCUT2D eigenvalue weighted by atomic mass is 10.1. The van der Waals surface area contributed by atoms with Crippen molar-refractivity contribution in [2.75, 3.05) is 13.7 Å². The summed E-state index contributed by atoms with van der Waals surface area (Å²) in [6, 6.07) is 0. The molecule has 0 fully saturated rings. The number of hydrogen-bond acceptors (Lipinski definition) is 5. The second kappa shape index (κ2) is 6.40. The molecule has 2 heterocycles. The first-order valence-corrected chi connectivity index (χ1v) is 7.43. The number of H-pyrrole nitrogens is 1. The Hall–Kier alpha value is -1.05. The minimum Gasteiger partial charge on any atom is -0.383 e. The van der Waals surface area contributed by atoms with E-state index in [0.29, 0.717) is 23.8 Å². The Morgan fingerprint density at radius 3 is 3.00 bits per heavy atom. The molecule has 0 aliphatic carbocycles. The number of hydrogen-bond donors (Lipinski definition) is 1. The quantitative estimate of drug-likeness (QED) is 0.833. The summed E-state index contributed by atoms with van der Waals surface area (Å²) in [5.74, 6) is 1.45. The van der Waals surface area contributed by atoms with E-state index in [2.05, 4.69) is 29.0 Å². The molecule has 0 atom stereocenters. The topological polar surface area (TPSA) is 55.7 Å². The van der Waals surface area contributed by atoms with Crippen LogP contribution in [-0.2, 0) is 17.7 Å². The zero-order valence-corrected chi connectivity index (χ0v) is 13.0. The second-order valence-corrected chi connectivity index (χ2v) is 6.21. The van der Waals surface area contributed by atoms with Crippen molar-refractivity contribution in [1.29, 1.82) is 0 Å². The molecule has 5 nitrogen and oxygen atoms in total. The zero-order valence-electron chi connectivity index (χ0n) is 11.3. The summed E-state index contributed by atoms with van der Waals surface area (Å²) < 4.78 is 7.66. The summed E-state index contributed by atoms with van der Waals surface area (Å²) in [4.78, 5) is 5.49. The highest BCUT2D eigenvalue weighted by Gasteiger charge is 2.12. The van der Waals surface area contributed by atoms with Crippen LogP contribution in [0, 0.1) is 10.7 Å². The molecule has 0 bridgehead atoms. The molecule has 0 aliphatic rings. The van der Waals surface area contributed by atoms with Crippen molar-refractivity contribution in [3.05, 3.63) is 16.0 Å². The van der Waals surface area contributed by atoms with Crippen molar-refractivity contribution in [3.8, 4) is 10.7 Å². The fourth-order valence-electron chi connectivity index (χ4n) is 1.75. The fourth-order valence-corrected chi connectivity index (χ4v) is 3.10. The summed E-state index contributed by atoms with van der Waals surface area (Å²) >= 11 is 6.91. The van der Waals surface area contributed by atoms with Gasteiger partial charge in [-0.1, -0.05) is 13.8 Å². The van der Waals surface area contributed by atoms with E-state index in [-0.39, 0.29) is 0 Å². The van der Waals surface area contributed by atoms with Crippen LogP contribution in [0.2, 0.25) is 0 Å². The number of rotatable bonds is 6. The molecule has 0 aromatic carbocycles. The van der Waals surface area contributed by atoms with E-state index in [4.69, 9.17) is 17.0 Å². The van der Waals surface area contributed by atoms with Crippen LogP contribution in [0.15, 0.2) is 6.20 Å². The smallest absolute Gasteiger partial charge is 0.195 e. The standard InChI is InChI=1S/C12H18N4OS2/c1-8(2)6-10-13-7-9(19-10)11-14-15-12(18)16(11)4-5-17-3/h7-8H,4-6H2,1-3H3,(H,15,18). The van der Waals surface area contributed by atoms with Crippen LogP contribution in [0.3, 0.4) is 0 Å². The first-order chi connectivity index (χ1) is 9.11. The van der Waals surface area contributed by atoms with Crippen molar-refractivity contribution in [2.45, 2.75) is 26.8 Å². The maximum absolute atomic E-state index is 5.24.